The third-order valence-corrected chi connectivity index (χ3v) is 5.09. The van der Waals surface area contributed by atoms with E-state index in [4.69, 9.17) is 12.2 Å². The summed E-state index contributed by atoms with van der Waals surface area (Å²) in [7, 11) is 0. The standard InChI is InChI=1S/C21H21N3OS2/c1-2-3-7-16-10-12-17-18(14-16)27-21(22-17)24-20(26)23-19(25)13-11-15-8-5-4-6-9-15/h4-6,8-14H,2-3,7H2,1H3,(H2,22,23,24,25,26)/b13-11+. The summed E-state index contributed by atoms with van der Waals surface area (Å²) in [6, 6.07) is 16.0. The first kappa shape index (κ1) is 19.2. The van der Waals surface area contributed by atoms with E-state index in [0.717, 1.165) is 22.2 Å². The number of carbonyl (C=O) groups excluding carboxylic acids is 1. The summed E-state index contributed by atoms with van der Waals surface area (Å²) in [5.41, 5.74) is 3.21. The lowest BCUT2D eigenvalue weighted by molar-refractivity contribution is -0.115. The second-order valence-electron chi connectivity index (χ2n) is 6.11. The quantitative estimate of drug-likeness (QED) is 0.447. The zero-order valence-electron chi connectivity index (χ0n) is 15.1. The van der Waals surface area contributed by atoms with E-state index in [1.54, 1.807) is 6.08 Å². The van der Waals surface area contributed by atoms with Crippen molar-refractivity contribution in [2.45, 2.75) is 26.2 Å². The normalized spacial score (nSPS) is 11.0. The fourth-order valence-electron chi connectivity index (χ4n) is 2.58. The molecule has 0 saturated heterocycles. The average Bonchev–Trinajstić information content (AvgIpc) is 3.06. The number of aryl methyl sites for hydroxylation is 1. The van der Waals surface area contributed by atoms with E-state index in [2.05, 4.69) is 34.7 Å². The van der Waals surface area contributed by atoms with Crippen LogP contribution in [0.3, 0.4) is 0 Å². The molecule has 0 fully saturated rings. The molecule has 0 aliphatic carbocycles. The molecule has 3 rings (SSSR count). The monoisotopic (exact) mass is 395 g/mol. The van der Waals surface area contributed by atoms with Crippen molar-refractivity contribution in [2.75, 3.05) is 5.32 Å². The number of thiocarbonyl (C=S) groups is 1. The van der Waals surface area contributed by atoms with Crippen LogP contribution in [0, 0.1) is 0 Å². The Hall–Kier alpha value is -2.57. The van der Waals surface area contributed by atoms with Gasteiger partial charge in [0.25, 0.3) is 0 Å². The van der Waals surface area contributed by atoms with E-state index in [9.17, 15) is 4.79 Å². The summed E-state index contributed by atoms with van der Waals surface area (Å²) in [5, 5.41) is 6.55. The number of rotatable bonds is 6. The third-order valence-electron chi connectivity index (χ3n) is 3.96. The molecule has 138 valence electrons. The molecule has 0 bridgehead atoms. The first-order valence-electron chi connectivity index (χ1n) is 8.88. The molecule has 0 unspecified atom stereocenters. The van der Waals surface area contributed by atoms with Crippen molar-refractivity contribution in [2.24, 2.45) is 0 Å². The zero-order valence-corrected chi connectivity index (χ0v) is 16.7. The predicted octanol–water partition coefficient (Wildman–Crippen LogP) is 5.17. The fraction of sp³-hybridized carbons (Fsp3) is 0.190. The van der Waals surface area contributed by atoms with Gasteiger partial charge in [-0.05, 0) is 54.4 Å². The largest absolute Gasteiger partial charge is 0.308 e. The zero-order chi connectivity index (χ0) is 19.1. The lowest BCUT2D eigenvalue weighted by atomic mass is 10.1. The number of amides is 1. The van der Waals surface area contributed by atoms with E-state index in [1.807, 2.05) is 36.4 Å². The molecule has 4 nitrogen and oxygen atoms in total. The van der Waals surface area contributed by atoms with Crippen molar-refractivity contribution in [1.29, 1.82) is 0 Å². The predicted molar refractivity (Wildman–Crippen MR) is 118 cm³/mol. The van der Waals surface area contributed by atoms with Crippen LogP contribution in [-0.4, -0.2) is 16.0 Å². The Morgan fingerprint density at radius 3 is 2.81 bits per heavy atom. The molecule has 0 aliphatic rings. The van der Waals surface area contributed by atoms with Gasteiger partial charge in [0, 0.05) is 6.08 Å². The van der Waals surface area contributed by atoms with Gasteiger partial charge >= 0.3 is 0 Å². The summed E-state index contributed by atoms with van der Waals surface area (Å²) in [6.45, 7) is 2.19. The van der Waals surface area contributed by atoms with Gasteiger partial charge in [-0.3, -0.25) is 10.1 Å². The molecule has 1 heterocycles. The number of anilines is 1. The van der Waals surface area contributed by atoms with Gasteiger partial charge in [0.1, 0.15) is 0 Å². The van der Waals surface area contributed by atoms with Crippen LogP contribution in [-0.2, 0) is 11.2 Å². The van der Waals surface area contributed by atoms with Gasteiger partial charge in [0.2, 0.25) is 5.91 Å². The Kier molecular flexibility index (Phi) is 6.68. The van der Waals surface area contributed by atoms with E-state index >= 15 is 0 Å². The van der Waals surface area contributed by atoms with Crippen LogP contribution in [0.4, 0.5) is 5.13 Å². The number of aromatic nitrogens is 1. The van der Waals surface area contributed by atoms with Crippen molar-refractivity contribution >= 4 is 56.0 Å². The molecule has 0 atom stereocenters. The van der Waals surface area contributed by atoms with Crippen LogP contribution in [0.25, 0.3) is 16.3 Å². The highest BCUT2D eigenvalue weighted by Gasteiger charge is 2.08. The highest BCUT2D eigenvalue weighted by molar-refractivity contribution is 7.80. The Morgan fingerprint density at radius 1 is 1.22 bits per heavy atom. The second-order valence-corrected chi connectivity index (χ2v) is 7.55. The van der Waals surface area contributed by atoms with Gasteiger partial charge < -0.3 is 5.32 Å². The van der Waals surface area contributed by atoms with Crippen LogP contribution in [0.5, 0.6) is 0 Å². The lowest BCUT2D eigenvalue weighted by Crippen LogP contribution is -2.32. The van der Waals surface area contributed by atoms with Crippen LogP contribution >= 0.6 is 23.6 Å². The number of unbranched alkanes of at least 4 members (excludes halogenated alkanes) is 1. The van der Waals surface area contributed by atoms with E-state index in [0.29, 0.717) is 5.13 Å². The molecule has 2 N–H and O–H groups in total. The van der Waals surface area contributed by atoms with Gasteiger partial charge in [-0.2, -0.15) is 0 Å². The molecule has 0 radical (unpaired) electrons. The molecule has 1 aromatic heterocycles. The number of benzene rings is 2. The minimum Gasteiger partial charge on any atom is -0.308 e. The van der Waals surface area contributed by atoms with Crippen LogP contribution in [0.1, 0.15) is 30.9 Å². The minimum absolute atomic E-state index is 0.239. The van der Waals surface area contributed by atoms with Crippen molar-refractivity contribution in [3.8, 4) is 0 Å². The number of hydrogen-bond acceptors (Lipinski definition) is 4. The fourth-order valence-corrected chi connectivity index (χ4v) is 3.77. The summed E-state index contributed by atoms with van der Waals surface area (Å²) in [5.74, 6) is -0.278. The Bertz CT molecular complexity index is 964. The van der Waals surface area contributed by atoms with Crippen LogP contribution in [0.2, 0.25) is 0 Å². The highest BCUT2D eigenvalue weighted by atomic mass is 32.1. The van der Waals surface area contributed by atoms with E-state index in [1.165, 1.54) is 35.8 Å². The van der Waals surface area contributed by atoms with Crippen LogP contribution < -0.4 is 10.6 Å². The summed E-state index contributed by atoms with van der Waals surface area (Å²) < 4.78 is 1.12. The van der Waals surface area contributed by atoms with Crippen molar-refractivity contribution in [3.63, 3.8) is 0 Å². The average molecular weight is 396 g/mol. The smallest absolute Gasteiger partial charge is 0.250 e. The Morgan fingerprint density at radius 2 is 2.04 bits per heavy atom. The molecule has 0 aliphatic heterocycles. The topological polar surface area (TPSA) is 54.0 Å². The second kappa shape index (κ2) is 9.39. The molecule has 3 aromatic rings. The van der Waals surface area contributed by atoms with Gasteiger partial charge in [0.15, 0.2) is 10.2 Å². The molecule has 2 aromatic carbocycles. The Labute approximate surface area is 168 Å². The van der Waals surface area contributed by atoms with E-state index < -0.39 is 0 Å². The maximum atomic E-state index is 12.0. The molecule has 0 saturated carbocycles. The van der Waals surface area contributed by atoms with Gasteiger partial charge in [0.05, 0.1) is 10.2 Å². The maximum Gasteiger partial charge on any atom is 0.250 e. The summed E-state index contributed by atoms with van der Waals surface area (Å²) >= 11 is 6.75. The number of carbonyl (C=O) groups is 1. The number of hydrogen-bond donors (Lipinski definition) is 2. The number of nitrogens with one attached hydrogen (secondary N) is 2. The summed E-state index contributed by atoms with van der Waals surface area (Å²) in [6.07, 6.45) is 6.65. The van der Waals surface area contributed by atoms with Gasteiger partial charge in [-0.1, -0.05) is 61.1 Å². The lowest BCUT2D eigenvalue weighted by Gasteiger charge is -2.04. The molecule has 27 heavy (non-hydrogen) atoms. The molecular formula is C21H21N3OS2. The SMILES string of the molecule is CCCCc1ccc2nc(NC(=S)NC(=O)/C=C/c3ccccc3)sc2c1. The molecule has 1 amide bonds. The van der Waals surface area contributed by atoms with Gasteiger partial charge in [-0.25, -0.2) is 4.98 Å². The molecule has 6 heteroatoms. The van der Waals surface area contributed by atoms with E-state index in [-0.39, 0.29) is 11.0 Å². The molecule has 0 spiro atoms. The van der Waals surface area contributed by atoms with Gasteiger partial charge in [-0.15, -0.1) is 0 Å². The van der Waals surface area contributed by atoms with Crippen LogP contribution in [0.15, 0.2) is 54.6 Å². The molecular weight excluding hydrogens is 374 g/mol. The van der Waals surface area contributed by atoms with Crippen molar-refractivity contribution in [3.05, 3.63) is 65.7 Å². The minimum atomic E-state index is -0.278. The first-order valence-corrected chi connectivity index (χ1v) is 10.1. The van der Waals surface area contributed by atoms with Crippen molar-refractivity contribution in [1.82, 2.24) is 10.3 Å². The number of thiazole rings is 1. The number of nitrogens with zero attached hydrogens (tertiary/aromatic N) is 1. The summed E-state index contributed by atoms with van der Waals surface area (Å²) in [4.78, 5) is 16.5. The number of fused-ring (bicyclic) bond motifs is 1. The Balaban J connectivity index is 1.58. The first-order chi connectivity index (χ1) is 13.1. The maximum absolute atomic E-state index is 12.0. The highest BCUT2D eigenvalue weighted by Crippen LogP contribution is 2.27. The third kappa shape index (κ3) is 5.70. The van der Waals surface area contributed by atoms with Crippen molar-refractivity contribution < 1.29 is 4.79 Å².